The molecule has 0 amide bonds. The highest BCUT2D eigenvalue weighted by molar-refractivity contribution is 7.99. The van der Waals surface area contributed by atoms with Gasteiger partial charge in [-0.2, -0.15) is 11.8 Å². The Kier molecular flexibility index (Phi) is 6.29. The van der Waals surface area contributed by atoms with E-state index in [0.717, 1.165) is 12.6 Å². The predicted octanol–water partition coefficient (Wildman–Crippen LogP) is 1.63. The van der Waals surface area contributed by atoms with Crippen LogP contribution in [0.4, 0.5) is 0 Å². The Morgan fingerprint density at radius 1 is 1.28 bits per heavy atom. The predicted molar refractivity (Wildman–Crippen MR) is 81.2 cm³/mol. The van der Waals surface area contributed by atoms with Crippen molar-refractivity contribution >= 4 is 11.8 Å². The zero-order chi connectivity index (χ0) is 12.8. The first-order chi connectivity index (χ1) is 8.85. The fourth-order valence-electron chi connectivity index (χ4n) is 3.32. The van der Waals surface area contributed by atoms with Crippen LogP contribution in [0.1, 0.15) is 32.6 Å². The third-order valence-electron chi connectivity index (χ3n) is 4.44. The molecule has 0 aromatic heterocycles. The highest BCUT2D eigenvalue weighted by Crippen LogP contribution is 2.23. The van der Waals surface area contributed by atoms with E-state index < -0.39 is 0 Å². The molecule has 2 aliphatic rings. The standard InChI is InChI=1S/C14H29N3S/c1-2-18-10-6-13(11-15)17-9-5-14(12-17)16-7-3-4-8-16/h13-14H,2-12,15H2,1H3. The fourth-order valence-corrected chi connectivity index (χ4v) is 4.05. The number of likely N-dealkylation sites (tertiary alicyclic amines) is 2. The third-order valence-corrected chi connectivity index (χ3v) is 5.37. The van der Waals surface area contributed by atoms with Crippen molar-refractivity contribution in [1.82, 2.24) is 9.80 Å². The van der Waals surface area contributed by atoms with Gasteiger partial charge < -0.3 is 5.73 Å². The summed E-state index contributed by atoms with van der Waals surface area (Å²) >= 11 is 2.04. The van der Waals surface area contributed by atoms with Crippen LogP contribution in [-0.2, 0) is 0 Å². The summed E-state index contributed by atoms with van der Waals surface area (Å²) in [6, 6.07) is 1.44. The summed E-state index contributed by atoms with van der Waals surface area (Å²) in [7, 11) is 0. The second kappa shape index (κ2) is 7.73. The lowest BCUT2D eigenvalue weighted by Crippen LogP contribution is -2.42. The summed E-state index contributed by atoms with van der Waals surface area (Å²) in [6.45, 7) is 8.26. The topological polar surface area (TPSA) is 32.5 Å². The molecule has 2 heterocycles. The minimum atomic E-state index is 0.622. The summed E-state index contributed by atoms with van der Waals surface area (Å²) in [5.41, 5.74) is 5.97. The molecule has 0 spiro atoms. The van der Waals surface area contributed by atoms with E-state index in [-0.39, 0.29) is 0 Å². The van der Waals surface area contributed by atoms with E-state index in [1.54, 1.807) is 0 Å². The highest BCUT2D eigenvalue weighted by Gasteiger charge is 2.31. The Balaban J connectivity index is 1.74. The molecule has 2 atom stereocenters. The zero-order valence-corrected chi connectivity index (χ0v) is 12.6. The van der Waals surface area contributed by atoms with Crippen LogP contribution in [0.5, 0.6) is 0 Å². The van der Waals surface area contributed by atoms with Gasteiger partial charge in [0.05, 0.1) is 0 Å². The SMILES string of the molecule is CCSCCC(CN)N1CCC(N2CCCC2)C1. The molecule has 2 N–H and O–H groups in total. The molecule has 0 bridgehead atoms. The Hall–Kier alpha value is 0.230. The molecule has 106 valence electrons. The maximum Gasteiger partial charge on any atom is 0.0235 e. The van der Waals surface area contributed by atoms with Crippen molar-refractivity contribution in [3.05, 3.63) is 0 Å². The van der Waals surface area contributed by atoms with Gasteiger partial charge in [0.25, 0.3) is 0 Å². The second-order valence-electron chi connectivity index (χ2n) is 5.56. The van der Waals surface area contributed by atoms with E-state index in [2.05, 4.69) is 16.7 Å². The summed E-state index contributed by atoms with van der Waals surface area (Å²) in [5, 5.41) is 0. The van der Waals surface area contributed by atoms with E-state index >= 15 is 0 Å². The number of hydrogen-bond acceptors (Lipinski definition) is 4. The van der Waals surface area contributed by atoms with Crippen LogP contribution in [0.2, 0.25) is 0 Å². The number of nitrogens with two attached hydrogens (primary N) is 1. The average Bonchev–Trinajstić information content (AvgIpc) is 3.04. The van der Waals surface area contributed by atoms with E-state index in [0.29, 0.717) is 6.04 Å². The second-order valence-corrected chi connectivity index (χ2v) is 6.95. The van der Waals surface area contributed by atoms with Crippen LogP contribution in [0.15, 0.2) is 0 Å². The van der Waals surface area contributed by atoms with E-state index in [1.165, 1.54) is 63.4 Å². The van der Waals surface area contributed by atoms with E-state index in [9.17, 15) is 0 Å². The zero-order valence-electron chi connectivity index (χ0n) is 11.8. The molecule has 0 aliphatic carbocycles. The first-order valence-corrected chi connectivity index (χ1v) is 8.76. The quantitative estimate of drug-likeness (QED) is 0.713. The molecule has 0 aromatic carbocycles. The van der Waals surface area contributed by atoms with Gasteiger partial charge in [0.1, 0.15) is 0 Å². The summed E-state index contributed by atoms with van der Waals surface area (Å²) in [4.78, 5) is 5.35. The molecule has 18 heavy (non-hydrogen) atoms. The van der Waals surface area contributed by atoms with Gasteiger partial charge in [0.2, 0.25) is 0 Å². The molecule has 0 saturated carbocycles. The minimum absolute atomic E-state index is 0.622. The molecule has 2 saturated heterocycles. The van der Waals surface area contributed by atoms with Crippen LogP contribution >= 0.6 is 11.8 Å². The Labute approximate surface area is 116 Å². The van der Waals surface area contributed by atoms with Gasteiger partial charge in [0.15, 0.2) is 0 Å². The molecule has 0 aromatic rings. The van der Waals surface area contributed by atoms with Gasteiger partial charge in [-0.1, -0.05) is 6.92 Å². The molecular weight excluding hydrogens is 242 g/mol. The van der Waals surface area contributed by atoms with Crippen molar-refractivity contribution in [3.8, 4) is 0 Å². The lowest BCUT2D eigenvalue weighted by Gasteiger charge is -2.28. The molecule has 0 radical (unpaired) electrons. The minimum Gasteiger partial charge on any atom is -0.329 e. The smallest absolute Gasteiger partial charge is 0.0235 e. The normalized spacial score (nSPS) is 28.0. The van der Waals surface area contributed by atoms with Crippen LogP contribution < -0.4 is 5.73 Å². The van der Waals surface area contributed by atoms with Crippen molar-refractivity contribution in [2.45, 2.75) is 44.7 Å². The van der Waals surface area contributed by atoms with Gasteiger partial charge in [-0.25, -0.2) is 0 Å². The van der Waals surface area contributed by atoms with Crippen molar-refractivity contribution < 1.29 is 0 Å². The molecule has 2 unspecified atom stereocenters. The highest BCUT2D eigenvalue weighted by atomic mass is 32.2. The molecule has 2 aliphatic heterocycles. The first-order valence-electron chi connectivity index (χ1n) is 7.61. The van der Waals surface area contributed by atoms with Crippen LogP contribution in [-0.4, -0.2) is 66.1 Å². The molecule has 2 rings (SSSR count). The van der Waals surface area contributed by atoms with Gasteiger partial charge in [-0.05, 0) is 50.3 Å². The Morgan fingerprint density at radius 2 is 2.06 bits per heavy atom. The van der Waals surface area contributed by atoms with Crippen molar-refractivity contribution in [2.75, 3.05) is 44.2 Å². The number of hydrogen-bond donors (Lipinski definition) is 1. The van der Waals surface area contributed by atoms with E-state index in [1.807, 2.05) is 11.8 Å². The van der Waals surface area contributed by atoms with Crippen LogP contribution in [0.3, 0.4) is 0 Å². The van der Waals surface area contributed by atoms with Crippen molar-refractivity contribution in [1.29, 1.82) is 0 Å². The summed E-state index contributed by atoms with van der Waals surface area (Å²) in [6.07, 6.45) is 5.44. The molecule has 3 nitrogen and oxygen atoms in total. The van der Waals surface area contributed by atoms with Crippen molar-refractivity contribution in [2.24, 2.45) is 5.73 Å². The van der Waals surface area contributed by atoms with Crippen LogP contribution in [0.25, 0.3) is 0 Å². The fraction of sp³-hybridized carbons (Fsp3) is 1.00. The lowest BCUT2D eigenvalue weighted by molar-refractivity contribution is 0.199. The third kappa shape index (κ3) is 3.86. The number of nitrogens with zero attached hydrogens (tertiary/aromatic N) is 2. The number of rotatable bonds is 7. The van der Waals surface area contributed by atoms with Gasteiger partial charge in [-0.15, -0.1) is 0 Å². The van der Waals surface area contributed by atoms with E-state index in [4.69, 9.17) is 5.73 Å². The number of thioether (sulfide) groups is 1. The Morgan fingerprint density at radius 3 is 2.72 bits per heavy atom. The Bertz CT molecular complexity index is 231. The van der Waals surface area contributed by atoms with Gasteiger partial charge in [-0.3, -0.25) is 9.80 Å². The monoisotopic (exact) mass is 271 g/mol. The summed E-state index contributed by atoms with van der Waals surface area (Å²) in [5.74, 6) is 2.50. The molecular formula is C14H29N3S. The average molecular weight is 271 g/mol. The van der Waals surface area contributed by atoms with Crippen LogP contribution in [0, 0.1) is 0 Å². The molecule has 4 heteroatoms. The maximum absolute atomic E-state index is 5.97. The van der Waals surface area contributed by atoms with Gasteiger partial charge >= 0.3 is 0 Å². The van der Waals surface area contributed by atoms with Gasteiger partial charge in [0, 0.05) is 31.7 Å². The van der Waals surface area contributed by atoms with Crippen molar-refractivity contribution in [3.63, 3.8) is 0 Å². The summed E-state index contributed by atoms with van der Waals surface area (Å²) < 4.78 is 0. The lowest BCUT2D eigenvalue weighted by atomic mass is 10.2. The molecule has 2 fully saturated rings. The maximum atomic E-state index is 5.97. The largest absolute Gasteiger partial charge is 0.329 e. The first kappa shape index (κ1) is 14.6.